The first-order valence-electron chi connectivity index (χ1n) is 3.31. The topological polar surface area (TPSA) is 29.1 Å². The fourth-order valence-electron chi connectivity index (χ4n) is 0.416. The molecule has 0 atom stereocenters. The highest BCUT2D eigenvalue weighted by atomic mass is 32.2. The second-order valence-electron chi connectivity index (χ2n) is 2.79. The Morgan fingerprint density at radius 3 is 2.64 bits per heavy atom. The highest BCUT2D eigenvalue weighted by Gasteiger charge is 2.15. The summed E-state index contributed by atoms with van der Waals surface area (Å²) in [4.78, 5) is 10.6. The summed E-state index contributed by atoms with van der Waals surface area (Å²) in [5.41, 5.74) is 0. The largest absolute Gasteiger partial charge is 0.344 e. The maximum absolute atomic E-state index is 10.6. The predicted octanol–water partition coefficient (Wildman–Crippen LogP) is 0.877. The van der Waals surface area contributed by atoms with Crippen molar-refractivity contribution in [1.82, 2.24) is 5.32 Å². The summed E-state index contributed by atoms with van der Waals surface area (Å²) in [5, 5.41) is 2.63. The highest BCUT2D eigenvalue weighted by Crippen LogP contribution is 2.19. The van der Waals surface area contributed by atoms with Crippen molar-refractivity contribution in [3.63, 3.8) is 0 Å². The van der Waals surface area contributed by atoms with Crippen LogP contribution >= 0.6 is 11.8 Å². The van der Waals surface area contributed by atoms with E-state index in [0.29, 0.717) is 6.54 Å². The van der Waals surface area contributed by atoms with Gasteiger partial charge in [-0.15, -0.1) is 6.42 Å². The normalized spacial score (nSPS) is 10.4. The number of nitrogens with one attached hydrogen (secondary N) is 1. The zero-order valence-corrected chi connectivity index (χ0v) is 7.92. The van der Waals surface area contributed by atoms with Gasteiger partial charge in [0.05, 0.1) is 0 Å². The molecule has 0 aromatic rings. The van der Waals surface area contributed by atoms with E-state index in [1.807, 2.05) is 12.2 Å². The number of thioether (sulfide) groups is 1. The number of carbonyl (C=O) groups is 1. The van der Waals surface area contributed by atoms with Gasteiger partial charge in [0.2, 0.25) is 0 Å². The van der Waals surface area contributed by atoms with Gasteiger partial charge < -0.3 is 5.32 Å². The maximum Gasteiger partial charge on any atom is 0.295 e. The van der Waals surface area contributed by atoms with Gasteiger partial charge in [0, 0.05) is 11.3 Å². The minimum Gasteiger partial charge on any atom is -0.344 e. The molecule has 0 spiro atoms. The van der Waals surface area contributed by atoms with Crippen molar-refractivity contribution in [3.05, 3.63) is 0 Å². The lowest BCUT2D eigenvalue weighted by Crippen LogP contribution is -2.35. The van der Waals surface area contributed by atoms with Crippen LogP contribution in [0.15, 0.2) is 0 Å². The molecule has 0 rings (SSSR count). The monoisotopic (exact) mass is 171 g/mol. The molecule has 0 aliphatic heterocycles. The lowest BCUT2D eigenvalue weighted by atomic mass is 10.2. The van der Waals surface area contributed by atoms with Crippen LogP contribution in [0.25, 0.3) is 0 Å². The Bertz CT molecular complexity index is 181. The zero-order chi connectivity index (χ0) is 8.91. The smallest absolute Gasteiger partial charge is 0.295 e. The van der Waals surface area contributed by atoms with Crippen LogP contribution in [0.2, 0.25) is 0 Å². The third kappa shape index (κ3) is 4.74. The Hall–Kier alpha value is -0.620. The van der Waals surface area contributed by atoms with Gasteiger partial charge in [0.25, 0.3) is 5.91 Å². The van der Waals surface area contributed by atoms with Gasteiger partial charge in [-0.1, -0.05) is 0 Å². The second kappa shape index (κ2) is 4.30. The van der Waals surface area contributed by atoms with E-state index in [0.717, 1.165) is 0 Å². The molecule has 3 heteroatoms. The van der Waals surface area contributed by atoms with Gasteiger partial charge in [-0.25, -0.2) is 0 Å². The number of rotatable bonds is 3. The molecule has 0 aliphatic carbocycles. The summed E-state index contributed by atoms with van der Waals surface area (Å²) >= 11 is 1.70. The van der Waals surface area contributed by atoms with Crippen molar-refractivity contribution < 1.29 is 4.79 Å². The molecule has 0 saturated heterocycles. The standard InChI is InChI=1S/C8H13NOS/c1-5-7(10)9-6-8(2,3)11-4/h1H,6H2,2-4H3,(H,9,10). The van der Waals surface area contributed by atoms with E-state index in [1.165, 1.54) is 0 Å². The Balaban J connectivity index is 3.72. The van der Waals surface area contributed by atoms with E-state index in [1.54, 1.807) is 11.8 Å². The van der Waals surface area contributed by atoms with Gasteiger partial charge in [-0.2, -0.15) is 11.8 Å². The van der Waals surface area contributed by atoms with Crippen molar-refractivity contribution >= 4 is 17.7 Å². The van der Waals surface area contributed by atoms with Crippen LogP contribution in [0.4, 0.5) is 0 Å². The fraction of sp³-hybridized carbons (Fsp3) is 0.625. The Morgan fingerprint density at radius 2 is 2.27 bits per heavy atom. The third-order valence-corrected chi connectivity index (χ3v) is 2.61. The van der Waals surface area contributed by atoms with Crippen molar-refractivity contribution in [2.45, 2.75) is 18.6 Å². The molecule has 0 aliphatic rings. The van der Waals surface area contributed by atoms with Gasteiger partial charge in [-0.3, -0.25) is 4.79 Å². The van der Waals surface area contributed by atoms with E-state index in [4.69, 9.17) is 6.42 Å². The van der Waals surface area contributed by atoms with Crippen molar-refractivity contribution in [3.8, 4) is 12.3 Å². The molecule has 0 saturated carbocycles. The van der Waals surface area contributed by atoms with Gasteiger partial charge in [0.15, 0.2) is 0 Å². The molecule has 1 N–H and O–H groups in total. The van der Waals surface area contributed by atoms with Crippen LogP contribution in [-0.2, 0) is 4.79 Å². The molecule has 0 heterocycles. The first-order chi connectivity index (χ1) is 5.02. The summed E-state index contributed by atoms with van der Waals surface area (Å²) in [6.07, 6.45) is 6.88. The van der Waals surface area contributed by atoms with Gasteiger partial charge >= 0.3 is 0 Å². The number of hydrogen-bond donors (Lipinski definition) is 1. The summed E-state index contributed by atoms with van der Waals surface area (Å²) in [6, 6.07) is 0. The lowest BCUT2D eigenvalue weighted by molar-refractivity contribution is -0.115. The Kier molecular flexibility index (Phi) is 4.06. The first-order valence-corrected chi connectivity index (χ1v) is 4.54. The minimum atomic E-state index is -0.341. The molecule has 0 unspecified atom stereocenters. The Labute approximate surface area is 72.1 Å². The number of amides is 1. The summed E-state index contributed by atoms with van der Waals surface area (Å²) < 4.78 is 0.0620. The van der Waals surface area contributed by atoms with E-state index >= 15 is 0 Å². The maximum atomic E-state index is 10.6. The lowest BCUT2D eigenvalue weighted by Gasteiger charge is -2.21. The molecule has 1 amide bonds. The summed E-state index contributed by atoms with van der Waals surface area (Å²) in [7, 11) is 0. The van der Waals surface area contributed by atoms with Crippen LogP contribution in [0.1, 0.15) is 13.8 Å². The van der Waals surface area contributed by atoms with Crippen LogP contribution < -0.4 is 5.32 Å². The van der Waals surface area contributed by atoms with E-state index in [9.17, 15) is 4.79 Å². The van der Waals surface area contributed by atoms with Crippen LogP contribution in [0.3, 0.4) is 0 Å². The van der Waals surface area contributed by atoms with Crippen molar-refractivity contribution in [2.24, 2.45) is 0 Å². The number of terminal acetylenes is 1. The predicted molar refractivity (Wildman–Crippen MR) is 49.4 cm³/mol. The van der Waals surface area contributed by atoms with Crippen LogP contribution in [0.5, 0.6) is 0 Å². The van der Waals surface area contributed by atoms with Crippen LogP contribution in [-0.4, -0.2) is 23.5 Å². The van der Waals surface area contributed by atoms with Gasteiger partial charge in [0.1, 0.15) is 0 Å². The first kappa shape index (κ1) is 10.4. The fourth-order valence-corrected chi connectivity index (χ4v) is 0.633. The van der Waals surface area contributed by atoms with Gasteiger partial charge in [-0.05, 0) is 26.0 Å². The number of hydrogen-bond acceptors (Lipinski definition) is 2. The average molecular weight is 171 g/mol. The molecule has 62 valence electrons. The third-order valence-electron chi connectivity index (χ3n) is 1.36. The average Bonchev–Trinajstić information content (AvgIpc) is 2.00. The van der Waals surface area contributed by atoms with Crippen molar-refractivity contribution in [2.75, 3.05) is 12.8 Å². The quantitative estimate of drug-likeness (QED) is 0.639. The van der Waals surface area contributed by atoms with E-state index in [2.05, 4.69) is 19.2 Å². The van der Waals surface area contributed by atoms with Crippen molar-refractivity contribution in [1.29, 1.82) is 0 Å². The molecule has 0 aromatic carbocycles. The molecule has 0 fully saturated rings. The second-order valence-corrected chi connectivity index (χ2v) is 4.30. The molecule has 0 aromatic heterocycles. The van der Waals surface area contributed by atoms with Crippen LogP contribution in [0, 0.1) is 12.3 Å². The SMILES string of the molecule is C#CC(=O)NCC(C)(C)SC. The van der Waals surface area contributed by atoms with E-state index in [-0.39, 0.29) is 10.7 Å². The highest BCUT2D eigenvalue weighted by molar-refractivity contribution is 7.99. The molecule has 11 heavy (non-hydrogen) atoms. The molecule has 2 nitrogen and oxygen atoms in total. The summed E-state index contributed by atoms with van der Waals surface area (Å²) in [6.45, 7) is 4.71. The number of carbonyl (C=O) groups excluding carboxylic acids is 1. The summed E-state index contributed by atoms with van der Waals surface area (Å²) in [5.74, 6) is 1.66. The molecule has 0 radical (unpaired) electrons. The Morgan fingerprint density at radius 1 is 1.73 bits per heavy atom. The molecular formula is C8H13NOS. The molecular weight excluding hydrogens is 158 g/mol. The zero-order valence-electron chi connectivity index (χ0n) is 7.10. The molecule has 0 bridgehead atoms. The minimum absolute atomic E-state index is 0.0620. The van der Waals surface area contributed by atoms with E-state index < -0.39 is 0 Å².